The number of nitrogens with zero attached hydrogens (tertiary/aromatic N) is 2. The van der Waals surface area contributed by atoms with E-state index in [4.69, 9.17) is 51.7 Å². The van der Waals surface area contributed by atoms with Gasteiger partial charge in [0, 0.05) is 18.1 Å². The van der Waals surface area contributed by atoms with Crippen LogP contribution in [-0.2, 0) is 0 Å². The van der Waals surface area contributed by atoms with Crippen LogP contribution in [0.5, 0.6) is 0 Å². The van der Waals surface area contributed by atoms with E-state index in [0.29, 0.717) is 37.0 Å². The van der Waals surface area contributed by atoms with Crippen molar-refractivity contribution in [3.8, 4) is 6.07 Å². The van der Waals surface area contributed by atoms with Gasteiger partial charge in [-0.3, -0.25) is 4.99 Å². The molecule has 0 aliphatic heterocycles. The molecule has 8 heteroatoms. The highest BCUT2D eigenvalue weighted by Crippen LogP contribution is 2.27. The first-order chi connectivity index (χ1) is 11.0. The van der Waals surface area contributed by atoms with Crippen LogP contribution in [0.4, 0.5) is 11.4 Å². The maximum atomic E-state index is 9.14. The second-order valence-corrected chi connectivity index (χ2v) is 5.97. The minimum absolute atomic E-state index is 0. The molecule has 24 heavy (non-hydrogen) atoms. The summed E-state index contributed by atoms with van der Waals surface area (Å²) in [6, 6.07) is 12.0. The lowest BCUT2D eigenvalue weighted by Crippen LogP contribution is -1.91. The summed E-state index contributed by atoms with van der Waals surface area (Å²) in [6.45, 7) is 0. The van der Waals surface area contributed by atoms with Crippen molar-refractivity contribution in [3.63, 3.8) is 0 Å². The number of anilines is 1. The van der Waals surface area contributed by atoms with Gasteiger partial charge in [0.25, 0.3) is 0 Å². The third kappa shape index (κ3) is 5.90. The predicted molar refractivity (Wildman–Crippen MR) is 106 cm³/mol. The molecule has 0 aromatic heterocycles. The second kappa shape index (κ2) is 9.78. The van der Waals surface area contributed by atoms with Gasteiger partial charge in [-0.15, -0.1) is 12.4 Å². The first-order valence-electron chi connectivity index (χ1n) is 6.30. The van der Waals surface area contributed by atoms with Crippen molar-refractivity contribution >= 4 is 76.4 Å². The number of hydrogen-bond donors (Lipinski definition) is 1. The fourth-order valence-electron chi connectivity index (χ4n) is 1.55. The molecule has 0 aliphatic rings. The first-order valence-corrected chi connectivity index (χ1v) is 7.82. The van der Waals surface area contributed by atoms with Gasteiger partial charge in [-0.05, 0) is 36.4 Å². The Balaban J connectivity index is 0.00000288. The van der Waals surface area contributed by atoms with Gasteiger partial charge in [0.05, 0.1) is 31.4 Å². The molecule has 0 fully saturated rings. The van der Waals surface area contributed by atoms with Crippen molar-refractivity contribution in [1.29, 1.82) is 5.26 Å². The van der Waals surface area contributed by atoms with Crippen molar-refractivity contribution in [2.45, 2.75) is 0 Å². The molecule has 124 valence electrons. The number of allylic oxidation sites excluding steroid dienone is 1. The van der Waals surface area contributed by atoms with E-state index in [9.17, 15) is 0 Å². The Morgan fingerprint density at radius 1 is 0.958 bits per heavy atom. The molecule has 0 heterocycles. The number of benzene rings is 2. The Hall–Kier alpha value is -1.41. The minimum atomic E-state index is 0. The summed E-state index contributed by atoms with van der Waals surface area (Å²) in [5.41, 5.74) is 1.62. The van der Waals surface area contributed by atoms with Gasteiger partial charge >= 0.3 is 0 Å². The van der Waals surface area contributed by atoms with Crippen molar-refractivity contribution in [2.24, 2.45) is 4.99 Å². The molecular weight excluding hydrogens is 411 g/mol. The van der Waals surface area contributed by atoms with E-state index in [2.05, 4.69) is 10.3 Å². The van der Waals surface area contributed by atoms with E-state index in [1.54, 1.807) is 36.4 Å². The van der Waals surface area contributed by atoms with Crippen LogP contribution in [-0.4, -0.2) is 6.21 Å². The molecule has 0 unspecified atom stereocenters. The molecule has 0 spiro atoms. The average Bonchev–Trinajstić information content (AvgIpc) is 2.54. The van der Waals surface area contributed by atoms with E-state index in [1.165, 1.54) is 12.4 Å². The van der Waals surface area contributed by atoms with E-state index < -0.39 is 0 Å². The summed E-state index contributed by atoms with van der Waals surface area (Å²) < 4.78 is 0. The Bertz CT molecular complexity index is 825. The van der Waals surface area contributed by atoms with Gasteiger partial charge in [0.2, 0.25) is 0 Å². The van der Waals surface area contributed by atoms with E-state index in [0.717, 1.165) is 0 Å². The molecule has 2 rings (SSSR count). The van der Waals surface area contributed by atoms with Crippen LogP contribution in [0.15, 0.2) is 53.2 Å². The average molecular weight is 422 g/mol. The Kier molecular flexibility index (Phi) is 8.41. The molecule has 0 aliphatic carbocycles. The number of rotatable bonds is 4. The summed E-state index contributed by atoms with van der Waals surface area (Å²) in [6.07, 6.45) is 2.94. The Labute approximate surface area is 165 Å². The zero-order chi connectivity index (χ0) is 16.8. The molecule has 1 N–H and O–H groups in total. The van der Waals surface area contributed by atoms with Crippen LogP contribution in [0.2, 0.25) is 20.1 Å². The third-order valence-electron chi connectivity index (χ3n) is 2.70. The summed E-state index contributed by atoms with van der Waals surface area (Å²) in [5, 5.41) is 13.8. The maximum Gasteiger partial charge on any atom is 0.102 e. The lowest BCUT2D eigenvalue weighted by atomic mass is 10.3. The number of nitrogens with one attached hydrogen (secondary N) is 1. The van der Waals surface area contributed by atoms with Crippen molar-refractivity contribution in [1.82, 2.24) is 0 Å². The molecule has 0 radical (unpaired) electrons. The highest BCUT2D eigenvalue weighted by molar-refractivity contribution is 6.42. The van der Waals surface area contributed by atoms with Crippen LogP contribution in [0.3, 0.4) is 0 Å². The van der Waals surface area contributed by atoms with Crippen molar-refractivity contribution < 1.29 is 0 Å². The number of halogens is 5. The summed E-state index contributed by atoms with van der Waals surface area (Å²) in [5.74, 6) is 0. The monoisotopic (exact) mass is 419 g/mol. The normalized spacial score (nSPS) is 11.0. The minimum Gasteiger partial charge on any atom is -0.360 e. The van der Waals surface area contributed by atoms with E-state index >= 15 is 0 Å². The molecule has 2 aromatic carbocycles. The van der Waals surface area contributed by atoms with Gasteiger partial charge in [0.1, 0.15) is 6.07 Å². The zero-order valence-electron chi connectivity index (χ0n) is 11.9. The van der Waals surface area contributed by atoms with Crippen LogP contribution in [0.25, 0.3) is 0 Å². The van der Waals surface area contributed by atoms with Crippen molar-refractivity contribution in [3.05, 3.63) is 68.3 Å². The van der Waals surface area contributed by atoms with Crippen LogP contribution >= 0.6 is 58.8 Å². The van der Waals surface area contributed by atoms with Gasteiger partial charge in [-0.1, -0.05) is 46.4 Å². The predicted octanol–water partition coefficient (Wildman–Crippen LogP) is 6.94. The van der Waals surface area contributed by atoms with Crippen molar-refractivity contribution in [2.75, 3.05) is 5.32 Å². The first kappa shape index (κ1) is 20.6. The smallest absolute Gasteiger partial charge is 0.102 e. The molecule has 0 saturated carbocycles. The number of nitriles is 1. The second-order valence-electron chi connectivity index (χ2n) is 4.34. The molecule has 0 saturated heterocycles. The summed E-state index contributed by atoms with van der Waals surface area (Å²) in [7, 11) is 0. The van der Waals surface area contributed by atoms with E-state index in [1.807, 2.05) is 6.07 Å². The Morgan fingerprint density at radius 2 is 1.58 bits per heavy atom. The summed E-state index contributed by atoms with van der Waals surface area (Å²) >= 11 is 23.5. The molecule has 2 aromatic rings. The molecular formula is C16H10Cl5N3. The zero-order valence-corrected chi connectivity index (χ0v) is 15.8. The largest absolute Gasteiger partial charge is 0.360 e. The van der Waals surface area contributed by atoms with Gasteiger partial charge in [-0.2, -0.15) is 5.26 Å². The Morgan fingerprint density at radius 3 is 2.17 bits per heavy atom. The highest BCUT2D eigenvalue weighted by Gasteiger charge is 2.00. The maximum absolute atomic E-state index is 9.14. The fraction of sp³-hybridized carbons (Fsp3) is 0. The summed E-state index contributed by atoms with van der Waals surface area (Å²) in [4.78, 5) is 4.18. The lowest BCUT2D eigenvalue weighted by Gasteiger charge is -2.02. The molecule has 0 amide bonds. The number of hydrogen-bond acceptors (Lipinski definition) is 3. The number of aliphatic imine (C=N–C) groups is 1. The van der Waals surface area contributed by atoms with Crippen LogP contribution in [0.1, 0.15) is 0 Å². The van der Waals surface area contributed by atoms with Crippen LogP contribution < -0.4 is 5.32 Å². The van der Waals surface area contributed by atoms with Gasteiger partial charge < -0.3 is 5.32 Å². The molecule has 0 bridgehead atoms. The quantitative estimate of drug-likeness (QED) is 0.429. The lowest BCUT2D eigenvalue weighted by molar-refractivity contribution is 1.48. The topological polar surface area (TPSA) is 48.2 Å². The fourth-order valence-corrected chi connectivity index (χ4v) is 2.15. The standard InChI is InChI=1S/C16H9Cl4N3.ClH/c17-13-3-1-11(5-15(13)19)22-8-10(7-21)9-23-12-2-4-14(18)16(20)6-12;/h1-6,8-9,22H;1H/b10-8+,23-9?;. The highest BCUT2D eigenvalue weighted by atomic mass is 35.5. The van der Waals surface area contributed by atoms with Crippen LogP contribution in [0, 0.1) is 11.3 Å². The third-order valence-corrected chi connectivity index (χ3v) is 4.18. The molecule has 0 atom stereocenters. The SMILES string of the molecule is Cl.N#C/C(C=Nc1ccc(Cl)c(Cl)c1)=C\Nc1ccc(Cl)c(Cl)c1. The van der Waals surface area contributed by atoms with E-state index in [-0.39, 0.29) is 12.4 Å². The molecule has 3 nitrogen and oxygen atoms in total. The van der Waals surface area contributed by atoms with Gasteiger partial charge in [-0.25, -0.2) is 0 Å². The van der Waals surface area contributed by atoms with Gasteiger partial charge in [0.15, 0.2) is 0 Å².